The highest BCUT2D eigenvalue weighted by atomic mass is 16.7. The molecule has 1 N–H and O–H groups in total. The summed E-state index contributed by atoms with van der Waals surface area (Å²) in [7, 11) is 0. The third-order valence-electron chi connectivity index (χ3n) is 4.18. The van der Waals surface area contributed by atoms with Gasteiger partial charge in [0.25, 0.3) is 0 Å². The second kappa shape index (κ2) is 4.89. The first-order valence-electron chi connectivity index (χ1n) is 6.17. The fraction of sp³-hybridized carbons (Fsp3) is 0.769. The summed E-state index contributed by atoms with van der Waals surface area (Å²) in [5.74, 6) is 4.71. The number of hydrogen-bond acceptors (Lipinski definition) is 2. The molecule has 4 aliphatic carbocycles. The minimum Gasteiger partial charge on any atom is -0.449 e. The van der Waals surface area contributed by atoms with Gasteiger partial charge in [-0.2, -0.15) is 0 Å². The van der Waals surface area contributed by atoms with Crippen molar-refractivity contribution in [2.75, 3.05) is 0 Å². The monoisotopic (exact) mass is 224 g/mol. The van der Waals surface area contributed by atoms with Crippen molar-refractivity contribution in [3.05, 3.63) is 12.8 Å². The van der Waals surface area contributed by atoms with Crippen LogP contribution in [0.1, 0.15) is 38.5 Å². The molecule has 4 saturated carbocycles. The van der Waals surface area contributed by atoms with E-state index in [-0.39, 0.29) is 0 Å². The standard InChI is InChI=1S/C10H16.C3H4O3/c1-7-2-9-4-8(1)5-10(3-7)6-9;1-2-6-3(4)5/h7-10H,1-6H2;2H,1H2,(H,4,5). The molecule has 0 aromatic heterocycles. The van der Waals surface area contributed by atoms with E-state index in [4.69, 9.17) is 5.11 Å². The summed E-state index contributed by atoms with van der Waals surface area (Å²) >= 11 is 0. The Hall–Kier alpha value is -0.990. The van der Waals surface area contributed by atoms with Crippen molar-refractivity contribution >= 4 is 6.16 Å². The number of carbonyl (C=O) groups is 1. The molecule has 3 nitrogen and oxygen atoms in total. The lowest BCUT2D eigenvalue weighted by atomic mass is 9.56. The minimum absolute atomic E-state index is 0.850. The molecule has 0 radical (unpaired) electrons. The Labute approximate surface area is 96.5 Å². The molecule has 90 valence electrons. The summed E-state index contributed by atoms with van der Waals surface area (Å²) in [5.41, 5.74) is 0. The largest absolute Gasteiger partial charge is 0.510 e. The van der Waals surface area contributed by atoms with Gasteiger partial charge in [-0.15, -0.1) is 0 Å². The van der Waals surface area contributed by atoms with Crippen LogP contribution in [0, 0.1) is 23.7 Å². The SMILES string of the molecule is C1C2CC3CC1CC(C2)C3.C=COC(=O)O. The molecule has 0 spiro atoms. The van der Waals surface area contributed by atoms with E-state index in [2.05, 4.69) is 11.3 Å². The Balaban J connectivity index is 0.000000142. The second-order valence-corrected chi connectivity index (χ2v) is 5.43. The van der Waals surface area contributed by atoms with Gasteiger partial charge in [-0.1, -0.05) is 6.58 Å². The van der Waals surface area contributed by atoms with Crippen molar-refractivity contribution in [2.45, 2.75) is 38.5 Å². The molecule has 4 fully saturated rings. The van der Waals surface area contributed by atoms with E-state index < -0.39 is 6.16 Å². The van der Waals surface area contributed by atoms with E-state index in [0.29, 0.717) is 0 Å². The van der Waals surface area contributed by atoms with E-state index in [1.807, 2.05) is 0 Å². The summed E-state index contributed by atoms with van der Waals surface area (Å²) in [6, 6.07) is 0. The van der Waals surface area contributed by atoms with Crippen LogP contribution in [-0.2, 0) is 4.74 Å². The predicted octanol–water partition coefficient (Wildman–Crippen LogP) is 3.66. The first-order chi connectivity index (χ1) is 7.67. The maximum Gasteiger partial charge on any atom is 0.510 e. The van der Waals surface area contributed by atoms with Gasteiger partial charge >= 0.3 is 6.16 Å². The highest BCUT2D eigenvalue weighted by molar-refractivity contribution is 5.57. The van der Waals surface area contributed by atoms with Crippen molar-refractivity contribution in [1.82, 2.24) is 0 Å². The van der Waals surface area contributed by atoms with Crippen molar-refractivity contribution in [3.63, 3.8) is 0 Å². The maximum absolute atomic E-state index is 9.31. The summed E-state index contributed by atoms with van der Waals surface area (Å²) in [5, 5.41) is 7.62. The lowest BCUT2D eigenvalue weighted by Crippen LogP contribution is -2.38. The van der Waals surface area contributed by atoms with Crippen LogP contribution >= 0.6 is 0 Å². The van der Waals surface area contributed by atoms with Gasteiger partial charge in [0.15, 0.2) is 0 Å². The topological polar surface area (TPSA) is 46.5 Å². The van der Waals surface area contributed by atoms with Crippen LogP contribution in [0.3, 0.4) is 0 Å². The van der Waals surface area contributed by atoms with E-state index >= 15 is 0 Å². The Kier molecular flexibility index (Phi) is 3.52. The zero-order valence-corrected chi connectivity index (χ0v) is 9.60. The Morgan fingerprint density at radius 3 is 1.44 bits per heavy atom. The molecule has 4 bridgehead atoms. The number of ether oxygens (including phenoxy) is 1. The second-order valence-electron chi connectivity index (χ2n) is 5.43. The van der Waals surface area contributed by atoms with Crippen LogP contribution in [-0.4, -0.2) is 11.3 Å². The minimum atomic E-state index is -1.33. The van der Waals surface area contributed by atoms with Crippen LogP contribution in [0.4, 0.5) is 4.79 Å². The molecule has 4 aliphatic rings. The van der Waals surface area contributed by atoms with Gasteiger partial charge in [0.2, 0.25) is 0 Å². The highest BCUT2D eigenvalue weighted by Gasteiger charge is 2.41. The maximum atomic E-state index is 9.31. The zero-order chi connectivity index (χ0) is 11.5. The van der Waals surface area contributed by atoms with E-state index in [0.717, 1.165) is 6.26 Å². The fourth-order valence-corrected chi connectivity index (χ4v) is 4.05. The molecular formula is C13H20O3. The summed E-state index contributed by atoms with van der Waals surface area (Å²) in [6.45, 7) is 3.00. The molecule has 0 aliphatic heterocycles. The normalized spacial score (nSPS) is 38.5. The van der Waals surface area contributed by atoms with Gasteiger partial charge < -0.3 is 9.84 Å². The summed E-state index contributed by atoms with van der Waals surface area (Å²) in [4.78, 5) is 9.31. The molecule has 0 aromatic carbocycles. The van der Waals surface area contributed by atoms with E-state index in [1.54, 1.807) is 38.5 Å². The van der Waals surface area contributed by atoms with Gasteiger partial charge in [-0.3, -0.25) is 0 Å². The lowest BCUT2D eigenvalue weighted by molar-refractivity contribution is 0.0198. The van der Waals surface area contributed by atoms with Crippen LogP contribution in [0.2, 0.25) is 0 Å². The van der Waals surface area contributed by atoms with E-state index in [9.17, 15) is 4.79 Å². The molecule has 0 heterocycles. The first kappa shape index (κ1) is 11.5. The first-order valence-corrected chi connectivity index (χ1v) is 6.17. The predicted molar refractivity (Wildman–Crippen MR) is 61.0 cm³/mol. The van der Waals surface area contributed by atoms with Crippen molar-refractivity contribution in [2.24, 2.45) is 23.7 Å². The molecule has 3 heteroatoms. The van der Waals surface area contributed by atoms with Crippen LogP contribution in [0.5, 0.6) is 0 Å². The molecule has 0 aromatic rings. The third-order valence-corrected chi connectivity index (χ3v) is 4.18. The molecule has 0 saturated heterocycles. The molecule has 4 rings (SSSR count). The fourth-order valence-electron chi connectivity index (χ4n) is 4.05. The quantitative estimate of drug-likeness (QED) is 0.546. The number of hydrogen-bond donors (Lipinski definition) is 1. The molecular weight excluding hydrogens is 204 g/mol. The average molecular weight is 224 g/mol. The smallest absolute Gasteiger partial charge is 0.449 e. The Morgan fingerprint density at radius 2 is 1.31 bits per heavy atom. The van der Waals surface area contributed by atoms with Crippen molar-refractivity contribution in [1.29, 1.82) is 0 Å². The number of carboxylic acid groups (broad SMARTS) is 1. The van der Waals surface area contributed by atoms with Gasteiger partial charge in [0.05, 0.1) is 6.26 Å². The molecule has 0 unspecified atom stereocenters. The lowest BCUT2D eigenvalue weighted by Gasteiger charge is -2.49. The average Bonchev–Trinajstić information content (AvgIpc) is 2.15. The van der Waals surface area contributed by atoms with E-state index in [1.165, 1.54) is 23.7 Å². The molecule has 16 heavy (non-hydrogen) atoms. The summed E-state index contributed by atoms with van der Waals surface area (Å²) < 4.78 is 3.72. The van der Waals surface area contributed by atoms with Gasteiger partial charge in [0.1, 0.15) is 0 Å². The molecule has 0 amide bonds. The van der Waals surface area contributed by atoms with Crippen LogP contribution in [0.25, 0.3) is 0 Å². The summed E-state index contributed by atoms with van der Waals surface area (Å²) in [6.07, 6.45) is 9.15. The Morgan fingerprint density at radius 1 is 1.00 bits per heavy atom. The van der Waals surface area contributed by atoms with Crippen molar-refractivity contribution < 1.29 is 14.6 Å². The van der Waals surface area contributed by atoms with Gasteiger partial charge in [-0.25, -0.2) is 4.79 Å². The third kappa shape index (κ3) is 2.77. The van der Waals surface area contributed by atoms with Crippen LogP contribution < -0.4 is 0 Å². The number of rotatable bonds is 1. The zero-order valence-electron chi connectivity index (χ0n) is 9.60. The highest BCUT2D eigenvalue weighted by Crippen LogP contribution is 2.53. The molecule has 0 atom stereocenters. The van der Waals surface area contributed by atoms with Crippen LogP contribution in [0.15, 0.2) is 12.8 Å². The Bertz CT molecular complexity index is 216. The van der Waals surface area contributed by atoms with Crippen molar-refractivity contribution in [3.8, 4) is 0 Å². The van der Waals surface area contributed by atoms with Gasteiger partial charge in [-0.05, 0) is 62.2 Å². The van der Waals surface area contributed by atoms with Gasteiger partial charge in [0, 0.05) is 0 Å².